The minimum absolute atomic E-state index is 0.233. The largest absolute Gasteiger partial charge is 0.356 e. The van der Waals surface area contributed by atoms with Crippen molar-refractivity contribution in [1.82, 2.24) is 29.9 Å². The van der Waals surface area contributed by atoms with Crippen LogP contribution in [0.25, 0.3) is 16.8 Å². The summed E-state index contributed by atoms with van der Waals surface area (Å²) in [6.45, 7) is 0. The van der Waals surface area contributed by atoms with E-state index in [1.807, 2.05) is 12.3 Å². The fourth-order valence-corrected chi connectivity index (χ4v) is 3.33. The number of rotatable bonds is 3. The number of aromatic nitrogens is 5. The van der Waals surface area contributed by atoms with Gasteiger partial charge in [-0.05, 0) is 25.3 Å². The molecule has 1 fully saturated rings. The third kappa shape index (κ3) is 1.96. The van der Waals surface area contributed by atoms with Crippen molar-refractivity contribution in [2.45, 2.75) is 37.6 Å². The van der Waals surface area contributed by atoms with E-state index in [0.29, 0.717) is 5.92 Å². The second-order valence-electron chi connectivity index (χ2n) is 5.57. The van der Waals surface area contributed by atoms with Crippen molar-refractivity contribution >= 4 is 23.2 Å². The second-order valence-corrected chi connectivity index (χ2v) is 5.57. The van der Waals surface area contributed by atoms with Crippen molar-refractivity contribution in [2.75, 3.05) is 0 Å². The van der Waals surface area contributed by atoms with Gasteiger partial charge in [0.1, 0.15) is 5.82 Å². The molecule has 1 amide bonds. The maximum absolute atomic E-state index is 10.7. The molecule has 0 saturated heterocycles. The fraction of sp³-hybridized carbons (Fsp3) is 0.429. The Morgan fingerprint density at radius 3 is 3.24 bits per heavy atom. The van der Waals surface area contributed by atoms with Crippen LogP contribution >= 0.6 is 0 Å². The quantitative estimate of drug-likeness (QED) is 0.711. The van der Waals surface area contributed by atoms with Gasteiger partial charge in [0.25, 0.3) is 0 Å². The highest BCUT2D eigenvalue weighted by atomic mass is 16.1. The Balaban J connectivity index is 1.79. The van der Waals surface area contributed by atoms with Gasteiger partial charge in [-0.2, -0.15) is 0 Å². The highest BCUT2D eigenvalue weighted by Crippen LogP contribution is 2.32. The van der Waals surface area contributed by atoms with E-state index >= 15 is 0 Å². The number of carbonyl (C=O) groups excluding carboxylic acids is 1. The minimum Gasteiger partial charge on any atom is -0.356 e. The lowest BCUT2D eigenvalue weighted by molar-refractivity contribution is -0.110. The number of fused-ring (bicyclic) bond motifs is 3. The molecule has 4 rings (SSSR count). The molecule has 3 aromatic rings. The van der Waals surface area contributed by atoms with E-state index in [4.69, 9.17) is 0 Å². The Hall–Kier alpha value is -2.44. The SMILES string of the molecule is O=CN[C@H]1CCC[C@@H](c2nnc3cnc4[nH]ccc4n23)C1. The van der Waals surface area contributed by atoms with Gasteiger partial charge in [0, 0.05) is 18.2 Å². The highest BCUT2D eigenvalue weighted by Gasteiger charge is 2.27. The Kier molecular flexibility index (Phi) is 2.83. The van der Waals surface area contributed by atoms with Crippen LogP contribution in [0.1, 0.15) is 37.4 Å². The van der Waals surface area contributed by atoms with E-state index in [2.05, 4.69) is 29.9 Å². The number of carbonyl (C=O) groups is 1. The molecule has 0 aromatic carbocycles. The van der Waals surface area contributed by atoms with E-state index in [1.54, 1.807) is 6.20 Å². The predicted molar refractivity (Wildman–Crippen MR) is 76.8 cm³/mol. The summed E-state index contributed by atoms with van der Waals surface area (Å²) in [6, 6.07) is 2.23. The summed E-state index contributed by atoms with van der Waals surface area (Å²) in [6.07, 6.45) is 8.51. The van der Waals surface area contributed by atoms with Gasteiger partial charge in [0.15, 0.2) is 11.3 Å². The molecule has 0 bridgehead atoms. The number of nitrogens with zero attached hydrogens (tertiary/aromatic N) is 4. The Bertz CT molecular complexity index is 791. The first-order chi connectivity index (χ1) is 10.4. The third-order valence-corrected chi connectivity index (χ3v) is 4.31. The molecule has 0 spiro atoms. The first-order valence-electron chi connectivity index (χ1n) is 7.23. The van der Waals surface area contributed by atoms with Crippen molar-refractivity contribution in [3.05, 3.63) is 24.3 Å². The molecule has 1 aliphatic carbocycles. The van der Waals surface area contributed by atoms with Gasteiger partial charge in [-0.15, -0.1) is 10.2 Å². The molecule has 0 aliphatic heterocycles. The third-order valence-electron chi connectivity index (χ3n) is 4.31. The van der Waals surface area contributed by atoms with Crippen LogP contribution in [0.15, 0.2) is 18.5 Å². The van der Waals surface area contributed by atoms with Gasteiger partial charge in [0.2, 0.25) is 6.41 Å². The molecule has 108 valence electrons. The Morgan fingerprint density at radius 2 is 2.33 bits per heavy atom. The lowest BCUT2D eigenvalue weighted by atomic mass is 9.85. The van der Waals surface area contributed by atoms with Crippen LogP contribution in [0, 0.1) is 0 Å². The summed E-state index contributed by atoms with van der Waals surface area (Å²) in [4.78, 5) is 18.1. The maximum Gasteiger partial charge on any atom is 0.207 e. The van der Waals surface area contributed by atoms with E-state index in [0.717, 1.165) is 54.7 Å². The van der Waals surface area contributed by atoms with Crippen LogP contribution in [0.2, 0.25) is 0 Å². The van der Waals surface area contributed by atoms with Gasteiger partial charge < -0.3 is 10.3 Å². The minimum atomic E-state index is 0.233. The average Bonchev–Trinajstić information content (AvgIpc) is 3.13. The molecular weight excluding hydrogens is 268 g/mol. The summed E-state index contributed by atoms with van der Waals surface area (Å²) in [5.41, 5.74) is 2.60. The van der Waals surface area contributed by atoms with Crippen LogP contribution in [0.3, 0.4) is 0 Å². The van der Waals surface area contributed by atoms with Gasteiger partial charge in [-0.25, -0.2) is 4.98 Å². The van der Waals surface area contributed by atoms with Gasteiger partial charge in [-0.3, -0.25) is 9.20 Å². The number of hydrogen-bond donors (Lipinski definition) is 2. The van der Waals surface area contributed by atoms with Crippen molar-refractivity contribution in [2.24, 2.45) is 0 Å². The zero-order valence-electron chi connectivity index (χ0n) is 11.5. The topological polar surface area (TPSA) is 88.0 Å². The van der Waals surface area contributed by atoms with Crippen LogP contribution in [0.4, 0.5) is 0 Å². The molecule has 7 heteroatoms. The molecule has 1 aliphatic rings. The normalized spacial score (nSPS) is 22.7. The Morgan fingerprint density at radius 1 is 1.38 bits per heavy atom. The van der Waals surface area contributed by atoms with Crippen LogP contribution in [-0.4, -0.2) is 37.0 Å². The average molecular weight is 284 g/mol. The zero-order chi connectivity index (χ0) is 14.2. The molecule has 7 nitrogen and oxygen atoms in total. The van der Waals surface area contributed by atoms with E-state index < -0.39 is 0 Å². The van der Waals surface area contributed by atoms with Gasteiger partial charge >= 0.3 is 0 Å². The molecule has 21 heavy (non-hydrogen) atoms. The molecule has 3 aromatic heterocycles. The lowest BCUT2D eigenvalue weighted by Crippen LogP contribution is -2.33. The van der Waals surface area contributed by atoms with Crippen molar-refractivity contribution in [3.8, 4) is 0 Å². The second kappa shape index (κ2) is 4.83. The monoisotopic (exact) mass is 284 g/mol. The number of H-pyrrole nitrogens is 1. The van der Waals surface area contributed by atoms with E-state index in [1.165, 1.54) is 0 Å². The maximum atomic E-state index is 10.7. The van der Waals surface area contributed by atoms with Crippen molar-refractivity contribution in [3.63, 3.8) is 0 Å². The van der Waals surface area contributed by atoms with Gasteiger partial charge in [0.05, 0.1) is 11.7 Å². The summed E-state index contributed by atoms with van der Waals surface area (Å²) in [7, 11) is 0. The summed E-state index contributed by atoms with van der Waals surface area (Å²) in [5.74, 6) is 1.28. The van der Waals surface area contributed by atoms with Crippen LogP contribution in [0.5, 0.6) is 0 Å². The number of nitrogens with one attached hydrogen (secondary N) is 2. The summed E-state index contributed by atoms with van der Waals surface area (Å²) >= 11 is 0. The zero-order valence-corrected chi connectivity index (χ0v) is 11.5. The first kappa shape index (κ1) is 12.3. The standard InChI is InChI=1S/C14H16N6O/c21-8-17-10-3-1-2-9(6-10)14-19-18-12-7-16-13-11(20(12)14)4-5-15-13/h4-5,7-10,15H,1-3,6H2,(H,17,21)/t9-,10+/m1/s1. The molecule has 3 heterocycles. The van der Waals surface area contributed by atoms with Crippen molar-refractivity contribution < 1.29 is 4.79 Å². The molecule has 0 radical (unpaired) electrons. The summed E-state index contributed by atoms with van der Waals surface area (Å²) < 4.78 is 2.08. The Labute approximate surface area is 120 Å². The van der Waals surface area contributed by atoms with E-state index in [-0.39, 0.29) is 6.04 Å². The lowest BCUT2D eigenvalue weighted by Gasteiger charge is -2.27. The van der Waals surface area contributed by atoms with Gasteiger partial charge in [-0.1, -0.05) is 6.42 Å². The van der Waals surface area contributed by atoms with Crippen molar-refractivity contribution in [1.29, 1.82) is 0 Å². The molecule has 2 atom stereocenters. The number of aromatic amines is 1. The molecule has 0 unspecified atom stereocenters. The number of hydrogen-bond acceptors (Lipinski definition) is 4. The fourth-order valence-electron chi connectivity index (χ4n) is 3.33. The van der Waals surface area contributed by atoms with Crippen LogP contribution < -0.4 is 5.32 Å². The summed E-state index contributed by atoms with van der Waals surface area (Å²) in [5, 5.41) is 11.5. The smallest absolute Gasteiger partial charge is 0.207 e. The van der Waals surface area contributed by atoms with Crippen LogP contribution in [-0.2, 0) is 4.79 Å². The molecule has 2 N–H and O–H groups in total. The highest BCUT2D eigenvalue weighted by molar-refractivity contribution is 5.74. The number of amides is 1. The first-order valence-corrected chi connectivity index (χ1v) is 7.23. The molecular formula is C14H16N6O. The predicted octanol–water partition coefficient (Wildman–Crippen LogP) is 1.38. The molecule has 1 saturated carbocycles. The van der Waals surface area contributed by atoms with E-state index in [9.17, 15) is 4.79 Å².